The van der Waals surface area contributed by atoms with Gasteiger partial charge in [0.25, 0.3) is 0 Å². The van der Waals surface area contributed by atoms with E-state index in [1.807, 2.05) is 6.20 Å². The average molecular weight is 486 g/mol. The van der Waals surface area contributed by atoms with E-state index < -0.39 is 0 Å². The third-order valence-electron chi connectivity index (χ3n) is 9.26. The maximum absolute atomic E-state index is 6.59. The normalized spacial score (nSPS) is 21.2. The molecule has 1 unspecified atom stereocenters. The number of fused-ring (bicyclic) bond motifs is 6. The van der Waals surface area contributed by atoms with Crippen LogP contribution in [-0.2, 0) is 6.42 Å². The highest BCUT2D eigenvalue weighted by Crippen LogP contribution is 2.46. The summed E-state index contributed by atoms with van der Waals surface area (Å²) in [7, 11) is 0. The number of aryl methyl sites for hydroxylation is 3. The summed E-state index contributed by atoms with van der Waals surface area (Å²) in [6.07, 6.45) is 10.4. The van der Waals surface area contributed by atoms with E-state index in [4.69, 9.17) is 9.40 Å². The first kappa shape index (κ1) is 22.8. The van der Waals surface area contributed by atoms with Crippen molar-refractivity contribution < 1.29 is 4.42 Å². The molecule has 0 spiro atoms. The quantitative estimate of drug-likeness (QED) is 0.253. The van der Waals surface area contributed by atoms with Crippen molar-refractivity contribution in [1.29, 1.82) is 0 Å². The van der Waals surface area contributed by atoms with Gasteiger partial charge in [0.1, 0.15) is 11.2 Å². The van der Waals surface area contributed by atoms with E-state index in [0.29, 0.717) is 0 Å². The number of benzene rings is 3. The molecular formula is C35H35NO. The third-order valence-corrected chi connectivity index (χ3v) is 9.26. The van der Waals surface area contributed by atoms with Crippen LogP contribution in [-0.4, -0.2) is 4.98 Å². The van der Waals surface area contributed by atoms with Gasteiger partial charge in [0.2, 0.25) is 0 Å². The summed E-state index contributed by atoms with van der Waals surface area (Å²) in [6.45, 7) is 6.57. The van der Waals surface area contributed by atoms with E-state index >= 15 is 0 Å². The number of rotatable bonds is 4. The number of hydrogen-bond acceptors (Lipinski definition) is 2. The highest BCUT2D eigenvalue weighted by Gasteiger charge is 2.35. The summed E-state index contributed by atoms with van der Waals surface area (Å²) in [5.74, 6) is 2.74. The van der Waals surface area contributed by atoms with Crippen LogP contribution in [0, 0.1) is 38.5 Å². The second-order valence-corrected chi connectivity index (χ2v) is 11.8. The second-order valence-electron chi connectivity index (χ2n) is 11.8. The molecule has 0 radical (unpaired) electrons. The molecule has 1 atom stereocenters. The van der Waals surface area contributed by atoms with Crippen LogP contribution in [0.15, 0.2) is 71.3 Å². The van der Waals surface area contributed by atoms with Crippen molar-refractivity contribution in [3.8, 4) is 22.4 Å². The number of furan rings is 1. The zero-order valence-electron chi connectivity index (χ0n) is 22.2. The Bertz CT molecular complexity index is 1610. The zero-order chi connectivity index (χ0) is 25.1. The van der Waals surface area contributed by atoms with Gasteiger partial charge in [0, 0.05) is 22.5 Å². The molecule has 0 N–H and O–H groups in total. The van der Waals surface area contributed by atoms with Crippen molar-refractivity contribution in [3.63, 3.8) is 0 Å². The second kappa shape index (κ2) is 8.87. The summed E-state index contributed by atoms with van der Waals surface area (Å²) >= 11 is 0. The molecule has 3 aliphatic rings. The Hall–Kier alpha value is -3.39. The fourth-order valence-corrected chi connectivity index (χ4v) is 7.61. The van der Waals surface area contributed by atoms with E-state index in [2.05, 4.69) is 81.4 Å². The number of hydrogen-bond donors (Lipinski definition) is 0. The minimum Gasteiger partial charge on any atom is -0.455 e. The molecule has 3 aliphatic carbocycles. The van der Waals surface area contributed by atoms with Crippen molar-refractivity contribution in [2.45, 2.75) is 59.3 Å². The van der Waals surface area contributed by atoms with Gasteiger partial charge in [-0.05, 0) is 122 Å². The van der Waals surface area contributed by atoms with Gasteiger partial charge in [-0.3, -0.25) is 4.98 Å². The van der Waals surface area contributed by atoms with E-state index in [1.54, 1.807) is 0 Å². The van der Waals surface area contributed by atoms with Gasteiger partial charge in [-0.1, -0.05) is 48.7 Å². The van der Waals surface area contributed by atoms with Crippen molar-refractivity contribution in [2.75, 3.05) is 0 Å². The van der Waals surface area contributed by atoms with Crippen LogP contribution in [0.25, 0.3) is 44.3 Å². The molecule has 0 aliphatic heterocycles. The number of nitrogens with zero attached hydrogens (tertiary/aromatic N) is 1. The van der Waals surface area contributed by atoms with Crippen LogP contribution >= 0.6 is 0 Å². The Morgan fingerprint density at radius 2 is 1.65 bits per heavy atom. The lowest BCUT2D eigenvalue weighted by Gasteiger charge is -2.42. The van der Waals surface area contributed by atoms with E-state index in [1.165, 1.54) is 71.9 Å². The first-order valence-electron chi connectivity index (χ1n) is 14.0. The van der Waals surface area contributed by atoms with Crippen molar-refractivity contribution in [1.82, 2.24) is 4.98 Å². The molecule has 3 aromatic carbocycles. The lowest BCUT2D eigenvalue weighted by atomic mass is 9.63. The third kappa shape index (κ3) is 3.98. The van der Waals surface area contributed by atoms with Crippen LogP contribution in [0.1, 0.15) is 54.4 Å². The van der Waals surface area contributed by atoms with E-state index in [-0.39, 0.29) is 0 Å². The molecule has 8 rings (SSSR count). The highest BCUT2D eigenvalue weighted by molar-refractivity contribution is 6.10. The van der Waals surface area contributed by atoms with Gasteiger partial charge in [-0.25, -0.2) is 0 Å². The minimum absolute atomic E-state index is 0.844. The number of para-hydroxylation sites is 1. The van der Waals surface area contributed by atoms with Gasteiger partial charge < -0.3 is 4.42 Å². The summed E-state index contributed by atoms with van der Waals surface area (Å²) in [5.41, 5.74) is 11.8. The molecule has 3 fully saturated rings. The fourth-order valence-electron chi connectivity index (χ4n) is 7.61. The highest BCUT2D eigenvalue weighted by atomic mass is 16.3. The molecule has 186 valence electrons. The summed E-state index contributed by atoms with van der Waals surface area (Å²) in [6, 6.07) is 22.2. The average Bonchev–Trinajstić information content (AvgIpc) is 3.27. The summed E-state index contributed by atoms with van der Waals surface area (Å²) < 4.78 is 6.59. The standard InChI is InChI=1S/C35H35NO/c1-21-15-22(2)34(23(3)16-21)27-11-12-29-30-5-4-6-31(35(30)37-33(29)20-27)32-19-25(13-14-36-32)18-28-17-24-7-9-26(28)10-8-24/h4-6,11-16,19-20,24,26,28H,7-10,17-18H2,1-3H3. The minimum atomic E-state index is 0.844. The predicted octanol–water partition coefficient (Wildman–Crippen LogP) is 9.61. The Morgan fingerprint density at radius 3 is 2.41 bits per heavy atom. The van der Waals surface area contributed by atoms with Crippen molar-refractivity contribution in [3.05, 3.63) is 89.1 Å². The van der Waals surface area contributed by atoms with Gasteiger partial charge in [-0.2, -0.15) is 0 Å². The maximum Gasteiger partial charge on any atom is 0.144 e. The molecule has 2 bridgehead atoms. The topological polar surface area (TPSA) is 26.0 Å². The van der Waals surface area contributed by atoms with E-state index in [0.717, 1.165) is 50.9 Å². The summed E-state index contributed by atoms with van der Waals surface area (Å²) in [4.78, 5) is 4.81. The van der Waals surface area contributed by atoms with Crippen molar-refractivity contribution in [2.24, 2.45) is 17.8 Å². The maximum atomic E-state index is 6.59. The van der Waals surface area contributed by atoms with E-state index in [9.17, 15) is 0 Å². The molecule has 0 amide bonds. The fraction of sp³-hybridized carbons (Fsp3) is 0.343. The molecule has 2 heteroatoms. The van der Waals surface area contributed by atoms with Crippen LogP contribution in [0.2, 0.25) is 0 Å². The van der Waals surface area contributed by atoms with Gasteiger partial charge in [0.05, 0.1) is 5.69 Å². The molecule has 2 aromatic heterocycles. The van der Waals surface area contributed by atoms with Crippen LogP contribution < -0.4 is 0 Å². The lowest BCUT2D eigenvalue weighted by molar-refractivity contribution is 0.0991. The largest absolute Gasteiger partial charge is 0.455 e. The monoisotopic (exact) mass is 485 g/mol. The Labute approximate surface area is 219 Å². The molecule has 5 aromatic rings. The zero-order valence-corrected chi connectivity index (χ0v) is 22.2. The van der Waals surface area contributed by atoms with Gasteiger partial charge in [0.15, 0.2) is 0 Å². The molecule has 2 nitrogen and oxygen atoms in total. The molecule has 3 saturated carbocycles. The van der Waals surface area contributed by atoms with Crippen LogP contribution in [0.5, 0.6) is 0 Å². The van der Waals surface area contributed by atoms with Crippen LogP contribution in [0.3, 0.4) is 0 Å². The molecule has 2 heterocycles. The summed E-state index contributed by atoms with van der Waals surface area (Å²) in [5, 5.41) is 2.32. The SMILES string of the molecule is Cc1cc(C)c(-c2ccc3c(c2)oc2c(-c4cc(CC5CC6CCC5CC6)ccn4)cccc23)c(C)c1. The molecule has 0 saturated heterocycles. The Balaban J connectivity index is 1.27. The van der Waals surface area contributed by atoms with Gasteiger partial charge in [-0.15, -0.1) is 0 Å². The number of pyridine rings is 1. The van der Waals surface area contributed by atoms with Crippen LogP contribution in [0.4, 0.5) is 0 Å². The smallest absolute Gasteiger partial charge is 0.144 e. The van der Waals surface area contributed by atoms with Gasteiger partial charge >= 0.3 is 0 Å². The predicted molar refractivity (Wildman–Crippen MR) is 154 cm³/mol. The Morgan fingerprint density at radius 1 is 0.838 bits per heavy atom. The lowest BCUT2D eigenvalue weighted by Crippen LogP contribution is -2.32. The first-order chi connectivity index (χ1) is 18.0. The first-order valence-corrected chi connectivity index (χ1v) is 14.0. The molecule has 37 heavy (non-hydrogen) atoms. The van der Waals surface area contributed by atoms with Crippen molar-refractivity contribution >= 4 is 21.9 Å². The molecular weight excluding hydrogens is 450 g/mol. The number of aromatic nitrogens is 1. The Kier molecular flexibility index (Phi) is 5.46.